The highest BCUT2D eigenvalue weighted by Crippen LogP contribution is 2.28. The summed E-state index contributed by atoms with van der Waals surface area (Å²) in [6, 6.07) is 2.46. The van der Waals surface area contributed by atoms with E-state index in [1.54, 1.807) is 0 Å². The van der Waals surface area contributed by atoms with Crippen molar-refractivity contribution in [2.75, 3.05) is 0 Å². The average Bonchev–Trinajstić information content (AvgIpc) is 1.92. The Labute approximate surface area is 67.6 Å². The van der Waals surface area contributed by atoms with Gasteiger partial charge in [0, 0.05) is 0 Å². The molecule has 0 N–H and O–H groups in total. The Morgan fingerprint density at radius 3 is 2.17 bits per heavy atom. The minimum atomic E-state index is -4.46. The predicted octanol–water partition coefficient (Wildman–Crippen LogP) is 1.10. The van der Waals surface area contributed by atoms with E-state index in [1.165, 1.54) is 7.85 Å². The standard InChI is InChI=1S/C7H5BF4/c8-5-2-1-4(3-6(5)9)7(10,11)12/h1-3H,8H2. The summed E-state index contributed by atoms with van der Waals surface area (Å²) in [5, 5.41) is 0. The zero-order valence-corrected chi connectivity index (χ0v) is 6.24. The quantitative estimate of drug-likeness (QED) is 0.410. The summed E-state index contributed by atoms with van der Waals surface area (Å²) in [7, 11) is 1.41. The third-order valence-electron chi connectivity index (χ3n) is 1.50. The first-order valence-electron chi connectivity index (χ1n) is 3.24. The molecule has 0 fully saturated rings. The van der Waals surface area contributed by atoms with Gasteiger partial charge in [0.1, 0.15) is 13.7 Å². The van der Waals surface area contributed by atoms with Crippen LogP contribution >= 0.6 is 0 Å². The molecule has 1 aromatic carbocycles. The van der Waals surface area contributed by atoms with Gasteiger partial charge in [0.15, 0.2) is 0 Å². The Kier molecular flexibility index (Phi) is 2.13. The second kappa shape index (κ2) is 2.81. The number of halogens is 4. The van der Waals surface area contributed by atoms with E-state index in [0.717, 1.165) is 12.1 Å². The second-order valence-electron chi connectivity index (χ2n) is 2.46. The first-order valence-corrected chi connectivity index (χ1v) is 3.24. The molecule has 0 bridgehead atoms. The molecule has 0 radical (unpaired) electrons. The first kappa shape index (κ1) is 9.10. The van der Waals surface area contributed by atoms with Crippen molar-refractivity contribution in [2.45, 2.75) is 6.18 Å². The van der Waals surface area contributed by atoms with Crippen LogP contribution in [0.3, 0.4) is 0 Å². The van der Waals surface area contributed by atoms with Gasteiger partial charge < -0.3 is 0 Å². The molecule has 0 aliphatic rings. The van der Waals surface area contributed by atoms with Crippen molar-refractivity contribution < 1.29 is 17.6 Å². The summed E-state index contributed by atoms with van der Waals surface area (Å²) in [5.74, 6) is -0.829. The van der Waals surface area contributed by atoms with Crippen molar-refractivity contribution in [3.8, 4) is 0 Å². The fourth-order valence-electron chi connectivity index (χ4n) is 0.769. The van der Waals surface area contributed by atoms with Gasteiger partial charge in [0.25, 0.3) is 0 Å². The van der Waals surface area contributed by atoms with Crippen molar-refractivity contribution in [3.63, 3.8) is 0 Å². The summed E-state index contributed by atoms with van der Waals surface area (Å²) in [6.45, 7) is 0. The van der Waals surface area contributed by atoms with Crippen LogP contribution in [-0.2, 0) is 6.18 Å². The fourth-order valence-corrected chi connectivity index (χ4v) is 0.769. The Balaban J connectivity index is 3.14. The molecule has 0 aliphatic carbocycles. The van der Waals surface area contributed by atoms with E-state index in [9.17, 15) is 17.6 Å². The van der Waals surface area contributed by atoms with Crippen LogP contribution in [0.15, 0.2) is 18.2 Å². The molecule has 0 aromatic heterocycles. The highest BCUT2D eigenvalue weighted by atomic mass is 19.4. The van der Waals surface area contributed by atoms with Gasteiger partial charge in [-0.15, -0.1) is 0 Å². The Morgan fingerprint density at radius 2 is 1.75 bits per heavy atom. The van der Waals surface area contributed by atoms with E-state index in [0.29, 0.717) is 6.07 Å². The number of hydrogen-bond acceptors (Lipinski definition) is 0. The van der Waals surface area contributed by atoms with Crippen molar-refractivity contribution in [1.29, 1.82) is 0 Å². The maximum absolute atomic E-state index is 12.6. The monoisotopic (exact) mass is 176 g/mol. The van der Waals surface area contributed by atoms with Crippen LogP contribution in [0.4, 0.5) is 17.6 Å². The predicted molar refractivity (Wildman–Crippen MR) is 39.6 cm³/mol. The molecule has 12 heavy (non-hydrogen) atoms. The third kappa shape index (κ3) is 1.78. The molecule has 0 nitrogen and oxygen atoms in total. The lowest BCUT2D eigenvalue weighted by molar-refractivity contribution is -0.137. The van der Waals surface area contributed by atoms with Gasteiger partial charge in [-0.3, -0.25) is 0 Å². The highest BCUT2D eigenvalue weighted by Gasteiger charge is 2.30. The zero-order valence-electron chi connectivity index (χ0n) is 6.24. The normalized spacial score (nSPS) is 11.7. The van der Waals surface area contributed by atoms with Crippen LogP contribution in [0.5, 0.6) is 0 Å². The maximum Gasteiger partial charge on any atom is 0.416 e. The fraction of sp³-hybridized carbons (Fsp3) is 0.143. The topological polar surface area (TPSA) is 0 Å². The van der Waals surface area contributed by atoms with Crippen LogP contribution in [0.25, 0.3) is 0 Å². The van der Waals surface area contributed by atoms with Crippen LogP contribution in [0.2, 0.25) is 0 Å². The summed E-state index contributed by atoms with van der Waals surface area (Å²) in [4.78, 5) is 0. The van der Waals surface area contributed by atoms with Crippen LogP contribution in [0, 0.1) is 5.82 Å². The van der Waals surface area contributed by atoms with E-state index in [2.05, 4.69) is 0 Å². The van der Waals surface area contributed by atoms with Crippen LogP contribution < -0.4 is 5.46 Å². The van der Waals surface area contributed by atoms with Crippen molar-refractivity contribution in [1.82, 2.24) is 0 Å². The van der Waals surface area contributed by atoms with Crippen LogP contribution in [0.1, 0.15) is 5.56 Å². The number of rotatable bonds is 0. The SMILES string of the molecule is Bc1ccc(C(F)(F)F)cc1F. The molecular weight excluding hydrogens is 171 g/mol. The summed E-state index contributed by atoms with van der Waals surface area (Å²) >= 11 is 0. The van der Waals surface area contributed by atoms with Crippen molar-refractivity contribution in [3.05, 3.63) is 29.6 Å². The smallest absolute Gasteiger partial charge is 0.208 e. The highest BCUT2D eigenvalue weighted by molar-refractivity contribution is 6.32. The van der Waals surface area contributed by atoms with Gasteiger partial charge in [-0.1, -0.05) is 17.6 Å². The van der Waals surface area contributed by atoms with E-state index in [1.807, 2.05) is 0 Å². The molecule has 0 saturated heterocycles. The lowest BCUT2D eigenvalue weighted by atomic mass is 9.94. The maximum atomic E-state index is 12.6. The Morgan fingerprint density at radius 1 is 1.17 bits per heavy atom. The molecule has 1 rings (SSSR count). The van der Waals surface area contributed by atoms with Crippen molar-refractivity contribution in [2.24, 2.45) is 0 Å². The molecule has 0 unspecified atom stereocenters. The lowest BCUT2D eigenvalue weighted by Crippen LogP contribution is -2.12. The van der Waals surface area contributed by atoms with E-state index < -0.39 is 17.6 Å². The molecule has 5 heteroatoms. The summed E-state index contributed by atoms with van der Waals surface area (Å²) in [5.41, 5.74) is -0.742. The zero-order chi connectivity index (χ0) is 9.35. The largest absolute Gasteiger partial charge is 0.416 e. The van der Waals surface area contributed by atoms with Crippen LogP contribution in [-0.4, -0.2) is 7.85 Å². The summed E-state index contributed by atoms with van der Waals surface area (Å²) in [6.07, 6.45) is -4.46. The van der Waals surface area contributed by atoms with Gasteiger partial charge in [-0.25, -0.2) is 4.39 Å². The molecule has 0 aliphatic heterocycles. The Bertz CT molecular complexity index is 292. The van der Waals surface area contributed by atoms with Gasteiger partial charge in [-0.05, 0) is 6.07 Å². The van der Waals surface area contributed by atoms with Gasteiger partial charge in [-0.2, -0.15) is 13.2 Å². The molecule has 0 saturated carbocycles. The number of hydrogen-bond donors (Lipinski definition) is 0. The third-order valence-corrected chi connectivity index (χ3v) is 1.50. The number of alkyl halides is 3. The molecule has 0 heterocycles. The van der Waals surface area contributed by atoms with E-state index in [-0.39, 0.29) is 5.46 Å². The molecule has 1 aromatic rings. The van der Waals surface area contributed by atoms with Gasteiger partial charge in [0.2, 0.25) is 0 Å². The number of benzene rings is 1. The first-order chi connectivity index (χ1) is 5.41. The summed E-state index contributed by atoms with van der Waals surface area (Å²) < 4.78 is 48.4. The van der Waals surface area contributed by atoms with Gasteiger partial charge >= 0.3 is 6.18 Å². The van der Waals surface area contributed by atoms with E-state index in [4.69, 9.17) is 0 Å². The van der Waals surface area contributed by atoms with Gasteiger partial charge in [0.05, 0.1) is 5.56 Å². The molecule has 0 spiro atoms. The average molecular weight is 176 g/mol. The minimum Gasteiger partial charge on any atom is -0.208 e. The minimum absolute atomic E-state index is 0.211. The molecule has 64 valence electrons. The molecule has 0 atom stereocenters. The molecular formula is C7H5BF4. The lowest BCUT2D eigenvalue weighted by Gasteiger charge is -2.06. The molecule has 0 amide bonds. The second-order valence-corrected chi connectivity index (χ2v) is 2.46. The van der Waals surface area contributed by atoms with Crippen molar-refractivity contribution >= 4 is 13.3 Å². The Hall–Kier alpha value is -0.995. The van der Waals surface area contributed by atoms with E-state index >= 15 is 0 Å².